The Morgan fingerprint density at radius 1 is 1.14 bits per heavy atom. The third-order valence-electron chi connectivity index (χ3n) is 0.387. The highest BCUT2D eigenvalue weighted by Crippen LogP contribution is 1.68. The lowest BCUT2D eigenvalue weighted by molar-refractivity contribution is -0.104. The van der Waals surface area contributed by atoms with Gasteiger partial charge in [0.1, 0.15) is 6.29 Å². The molecule has 0 rings (SSSR count). The summed E-state index contributed by atoms with van der Waals surface area (Å²) in [5.41, 5.74) is 0. The fourth-order valence-electron chi connectivity index (χ4n) is 0.159. The van der Waals surface area contributed by atoms with Crippen molar-refractivity contribution in [3.05, 3.63) is 24.5 Å². The first-order valence-electron chi connectivity index (χ1n) is 1.83. The van der Waals surface area contributed by atoms with Gasteiger partial charge in [-0.15, -0.1) is 0 Å². The summed E-state index contributed by atoms with van der Waals surface area (Å²) in [5.74, 6) is 0. The maximum Gasteiger partial charge on any atom is 0.142 e. The average Bonchev–Trinajstić information content (AvgIpc) is 1.69. The van der Waals surface area contributed by atoms with Gasteiger partial charge in [-0.1, -0.05) is 6.08 Å². The second kappa shape index (κ2) is 4.95. The minimum absolute atomic E-state index is 0.639. The predicted molar refractivity (Wildman–Crippen MR) is 27.0 cm³/mol. The third-order valence-corrected chi connectivity index (χ3v) is 0.387. The monoisotopic (exact) mass is 98.0 g/mol. The Bertz CT molecular complexity index is 92.3. The van der Waals surface area contributed by atoms with Gasteiger partial charge in [-0.05, 0) is 12.2 Å². The van der Waals surface area contributed by atoms with Crippen LogP contribution in [0.4, 0.5) is 0 Å². The normalized spacial score (nSPS) is 10.9. The van der Waals surface area contributed by atoms with Crippen LogP contribution in [0.25, 0.3) is 0 Å². The molecule has 2 heteroatoms. The van der Waals surface area contributed by atoms with Crippen LogP contribution in [-0.4, -0.2) is 11.4 Å². The SMILES string of the molecule is O=C/C=C\C=C\O. The van der Waals surface area contributed by atoms with Crippen molar-refractivity contribution in [3.8, 4) is 0 Å². The Kier molecular flexibility index (Phi) is 4.21. The van der Waals surface area contributed by atoms with E-state index in [-0.39, 0.29) is 0 Å². The van der Waals surface area contributed by atoms with Crippen molar-refractivity contribution in [1.82, 2.24) is 0 Å². The van der Waals surface area contributed by atoms with Gasteiger partial charge in [-0.2, -0.15) is 0 Å². The summed E-state index contributed by atoms with van der Waals surface area (Å²) in [6, 6.07) is 0. The maximum atomic E-state index is 9.48. The van der Waals surface area contributed by atoms with Crippen molar-refractivity contribution in [3.63, 3.8) is 0 Å². The molecule has 0 aromatic carbocycles. The zero-order chi connectivity index (χ0) is 5.54. The zero-order valence-electron chi connectivity index (χ0n) is 3.74. The lowest BCUT2D eigenvalue weighted by Gasteiger charge is -1.63. The fourth-order valence-corrected chi connectivity index (χ4v) is 0.159. The van der Waals surface area contributed by atoms with Crippen LogP contribution in [0, 0.1) is 0 Å². The minimum atomic E-state index is 0.639. The number of allylic oxidation sites excluding steroid dienone is 3. The van der Waals surface area contributed by atoms with E-state index in [1.54, 1.807) is 0 Å². The van der Waals surface area contributed by atoms with Crippen LogP contribution in [0.15, 0.2) is 24.5 Å². The molecule has 0 heterocycles. The van der Waals surface area contributed by atoms with E-state index in [1.165, 1.54) is 18.2 Å². The number of aliphatic hydroxyl groups excluding tert-OH is 1. The zero-order valence-corrected chi connectivity index (χ0v) is 3.74. The van der Waals surface area contributed by atoms with Gasteiger partial charge in [0.2, 0.25) is 0 Å². The Labute approximate surface area is 41.8 Å². The van der Waals surface area contributed by atoms with E-state index in [0.29, 0.717) is 6.29 Å². The highest BCUT2D eigenvalue weighted by molar-refractivity contribution is 5.65. The van der Waals surface area contributed by atoms with E-state index in [4.69, 9.17) is 5.11 Å². The van der Waals surface area contributed by atoms with Crippen LogP contribution in [0.3, 0.4) is 0 Å². The van der Waals surface area contributed by atoms with Gasteiger partial charge in [-0.25, -0.2) is 0 Å². The van der Waals surface area contributed by atoms with E-state index >= 15 is 0 Å². The van der Waals surface area contributed by atoms with Crippen LogP contribution < -0.4 is 0 Å². The first kappa shape index (κ1) is 5.95. The number of rotatable bonds is 2. The summed E-state index contributed by atoms with van der Waals surface area (Å²) in [4.78, 5) is 9.48. The number of hydrogen-bond acceptors (Lipinski definition) is 2. The molecular formula is C5H6O2. The molecule has 2 nitrogen and oxygen atoms in total. The fraction of sp³-hybridized carbons (Fsp3) is 0. The van der Waals surface area contributed by atoms with Crippen LogP contribution in [0.2, 0.25) is 0 Å². The molecular weight excluding hydrogens is 92.1 g/mol. The van der Waals surface area contributed by atoms with E-state index in [0.717, 1.165) is 6.26 Å². The average molecular weight is 98.1 g/mol. The third kappa shape index (κ3) is 4.95. The lowest BCUT2D eigenvalue weighted by Crippen LogP contribution is -1.55. The van der Waals surface area contributed by atoms with Crippen molar-refractivity contribution in [2.45, 2.75) is 0 Å². The topological polar surface area (TPSA) is 37.3 Å². The van der Waals surface area contributed by atoms with E-state index in [2.05, 4.69) is 0 Å². The quantitative estimate of drug-likeness (QED) is 0.240. The Morgan fingerprint density at radius 2 is 1.86 bits per heavy atom. The molecule has 0 aliphatic carbocycles. The molecule has 0 spiro atoms. The summed E-state index contributed by atoms with van der Waals surface area (Å²) in [6.07, 6.45) is 5.58. The first-order chi connectivity index (χ1) is 3.41. The number of carbonyl (C=O) groups is 1. The summed E-state index contributed by atoms with van der Waals surface area (Å²) in [7, 11) is 0. The van der Waals surface area contributed by atoms with Crippen LogP contribution in [0.1, 0.15) is 0 Å². The van der Waals surface area contributed by atoms with Gasteiger partial charge >= 0.3 is 0 Å². The predicted octanol–water partition coefficient (Wildman–Crippen LogP) is 0.813. The van der Waals surface area contributed by atoms with Gasteiger partial charge in [0.15, 0.2) is 0 Å². The molecule has 0 aromatic rings. The van der Waals surface area contributed by atoms with Crippen molar-refractivity contribution in [2.75, 3.05) is 0 Å². The summed E-state index contributed by atoms with van der Waals surface area (Å²) in [5, 5.41) is 7.95. The number of aliphatic hydroxyl groups is 1. The number of aldehydes is 1. The van der Waals surface area contributed by atoms with Crippen LogP contribution in [-0.2, 0) is 4.79 Å². The molecule has 0 aliphatic heterocycles. The molecule has 0 radical (unpaired) electrons. The molecule has 0 bridgehead atoms. The van der Waals surface area contributed by atoms with Crippen molar-refractivity contribution in [1.29, 1.82) is 0 Å². The molecule has 0 unspecified atom stereocenters. The van der Waals surface area contributed by atoms with E-state index in [1.807, 2.05) is 0 Å². The van der Waals surface area contributed by atoms with Gasteiger partial charge in [0.05, 0.1) is 6.26 Å². The van der Waals surface area contributed by atoms with Crippen LogP contribution >= 0.6 is 0 Å². The second-order valence-electron chi connectivity index (χ2n) is 0.863. The number of carbonyl (C=O) groups excluding carboxylic acids is 1. The molecule has 0 atom stereocenters. The molecule has 0 aromatic heterocycles. The molecule has 0 saturated heterocycles. The van der Waals surface area contributed by atoms with E-state index < -0.39 is 0 Å². The molecule has 0 aliphatic rings. The lowest BCUT2D eigenvalue weighted by atomic mass is 10.5. The van der Waals surface area contributed by atoms with Gasteiger partial charge < -0.3 is 5.11 Å². The summed E-state index contributed by atoms with van der Waals surface area (Å²) < 4.78 is 0. The minimum Gasteiger partial charge on any atom is -0.516 e. The Balaban J connectivity index is 3.27. The van der Waals surface area contributed by atoms with Crippen LogP contribution in [0.5, 0.6) is 0 Å². The highest BCUT2D eigenvalue weighted by atomic mass is 16.2. The Morgan fingerprint density at radius 3 is 2.29 bits per heavy atom. The smallest absolute Gasteiger partial charge is 0.142 e. The highest BCUT2D eigenvalue weighted by Gasteiger charge is 1.56. The number of hydrogen-bond donors (Lipinski definition) is 1. The van der Waals surface area contributed by atoms with Gasteiger partial charge in [0.25, 0.3) is 0 Å². The molecule has 38 valence electrons. The van der Waals surface area contributed by atoms with Gasteiger partial charge in [0, 0.05) is 0 Å². The largest absolute Gasteiger partial charge is 0.516 e. The van der Waals surface area contributed by atoms with E-state index in [9.17, 15) is 4.79 Å². The molecule has 0 amide bonds. The summed E-state index contributed by atoms with van der Waals surface area (Å²) in [6.45, 7) is 0. The summed E-state index contributed by atoms with van der Waals surface area (Å²) >= 11 is 0. The van der Waals surface area contributed by atoms with Crippen molar-refractivity contribution < 1.29 is 9.90 Å². The second-order valence-corrected chi connectivity index (χ2v) is 0.863. The standard InChI is InChI=1S/C5H6O2/c6-4-2-1-3-5-7/h1-6H/b3-1-,4-2+. The first-order valence-corrected chi connectivity index (χ1v) is 1.83. The van der Waals surface area contributed by atoms with Crippen molar-refractivity contribution in [2.24, 2.45) is 0 Å². The molecule has 1 N–H and O–H groups in total. The molecule has 0 fully saturated rings. The maximum absolute atomic E-state index is 9.48. The van der Waals surface area contributed by atoms with Crippen molar-refractivity contribution >= 4 is 6.29 Å². The molecule has 0 saturated carbocycles. The Hall–Kier alpha value is -1.05. The molecule has 7 heavy (non-hydrogen) atoms. The van der Waals surface area contributed by atoms with Gasteiger partial charge in [-0.3, -0.25) is 4.79 Å².